The van der Waals surface area contributed by atoms with Crippen LogP contribution in [0.2, 0.25) is 0 Å². The van der Waals surface area contributed by atoms with Gasteiger partial charge in [0.2, 0.25) is 6.39 Å². The van der Waals surface area contributed by atoms with Crippen molar-refractivity contribution in [3.63, 3.8) is 0 Å². The van der Waals surface area contributed by atoms with Gasteiger partial charge in [-0.1, -0.05) is 12.1 Å². The molecule has 3 aromatic rings. The largest absolute Gasteiger partial charge is 0.422 e. The fourth-order valence-electron chi connectivity index (χ4n) is 1.70. The summed E-state index contributed by atoms with van der Waals surface area (Å²) in [5.74, 6) is 0.301. The molecular weight excluding hydrogens is 224 g/mol. The monoisotopic (exact) mass is 230 g/mol. The molecule has 0 saturated heterocycles. The molecule has 3 rings (SSSR count). The zero-order valence-corrected chi connectivity index (χ0v) is 8.45. The molecule has 7 nitrogen and oxygen atoms in total. The number of hydrogen-bond acceptors (Lipinski definition) is 5. The minimum Gasteiger partial charge on any atom is -0.422 e. The molecule has 1 aromatic carbocycles. The lowest BCUT2D eigenvalue weighted by Crippen LogP contribution is -1.88. The van der Waals surface area contributed by atoms with Gasteiger partial charge in [-0.25, -0.2) is 0 Å². The van der Waals surface area contributed by atoms with Crippen molar-refractivity contribution in [2.75, 3.05) is 0 Å². The van der Waals surface area contributed by atoms with Gasteiger partial charge in [-0.2, -0.15) is 0 Å². The smallest absolute Gasteiger partial charge is 0.293 e. The summed E-state index contributed by atoms with van der Waals surface area (Å²) in [7, 11) is 0. The van der Waals surface area contributed by atoms with Crippen LogP contribution >= 0.6 is 0 Å². The number of fused-ring (bicyclic) bond motifs is 1. The highest BCUT2D eigenvalue weighted by Crippen LogP contribution is 2.28. The standard InChI is InChI=1S/C10H6N4O3/c15-14(16)8-3-1-2-6-4-7(12-9(6)8)10-13-11-5-17-10/h1-5,12H. The van der Waals surface area contributed by atoms with Crippen molar-refractivity contribution in [1.82, 2.24) is 15.2 Å². The number of nitro groups is 1. The van der Waals surface area contributed by atoms with Crippen LogP contribution in [-0.4, -0.2) is 20.1 Å². The highest BCUT2D eigenvalue weighted by Gasteiger charge is 2.15. The van der Waals surface area contributed by atoms with Crippen molar-refractivity contribution in [3.05, 3.63) is 40.8 Å². The van der Waals surface area contributed by atoms with Gasteiger partial charge < -0.3 is 9.40 Å². The molecule has 0 aliphatic heterocycles. The SMILES string of the molecule is O=[N+]([O-])c1cccc2cc(-c3nnco3)[nH]c12. The number of nitrogens with one attached hydrogen (secondary N) is 1. The van der Waals surface area contributed by atoms with E-state index in [-0.39, 0.29) is 5.69 Å². The second-order valence-corrected chi connectivity index (χ2v) is 3.43. The first-order chi connectivity index (χ1) is 8.25. The summed E-state index contributed by atoms with van der Waals surface area (Å²) in [4.78, 5) is 13.3. The summed E-state index contributed by atoms with van der Waals surface area (Å²) in [6, 6.07) is 6.58. The quantitative estimate of drug-likeness (QED) is 0.537. The molecule has 0 fully saturated rings. The van der Waals surface area contributed by atoms with E-state index >= 15 is 0 Å². The van der Waals surface area contributed by atoms with Gasteiger partial charge in [-0.3, -0.25) is 10.1 Å². The van der Waals surface area contributed by atoms with Gasteiger partial charge in [0.15, 0.2) is 0 Å². The number of aromatic amines is 1. The van der Waals surface area contributed by atoms with E-state index in [1.807, 2.05) is 0 Å². The van der Waals surface area contributed by atoms with Crippen LogP contribution in [-0.2, 0) is 0 Å². The molecule has 0 spiro atoms. The van der Waals surface area contributed by atoms with Crippen molar-refractivity contribution in [1.29, 1.82) is 0 Å². The lowest BCUT2D eigenvalue weighted by atomic mass is 10.2. The van der Waals surface area contributed by atoms with Gasteiger partial charge >= 0.3 is 0 Å². The normalized spacial score (nSPS) is 10.8. The maximum Gasteiger partial charge on any atom is 0.293 e. The third-order valence-corrected chi connectivity index (χ3v) is 2.42. The van der Waals surface area contributed by atoms with Gasteiger partial charge in [0.1, 0.15) is 11.2 Å². The second-order valence-electron chi connectivity index (χ2n) is 3.43. The first-order valence-corrected chi connectivity index (χ1v) is 4.78. The number of benzene rings is 1. The molecule has 1 N–H and O–H groups in total. The van der Waals surface area contributed by atoms with E-state index in [1.54, 1.807) is 18.2 Å². The van der Waals surface area contributed by atoms with Gasteiger partial charge in [0, 0.05) is 11.5 Å². The first kappa shape index (κ1) is 9.52. The topological polar surface area (TPSA) is 97.8 Å². The van der Waals surface area contributed by atoms with Crippen molar-refractivity contribution in [2.45, 2.75) is 0 Å². The number of para-hydroxylation sites is 1. The maximum absolute atomic E-state index is 10.8. The number of H-pyrrole nitrogens is 1. The average molecular weight is 230 g/mol. The molecule has 7 heteroatoms. The Balaban J connectivity index is 2.26. The average Bonchev–Trinajstić information content (AvgIpc) is 2.96. The molecule has 0 saturated carbocycles. The van der Waals surface area contributed by atoms with Crippen molar-refractivity contribution in [2.24, 2.45) is 0 Å². The molecule has 0 atom stereocenters. The van der Waals surface area contributed by atoms with Crippen LogP contribution in [0.1, 0.15) is 0 Å². The highest BCUT2D eigenvalue weighted by atomic mass is 16.6. The molecule has 84 valence electrons. The number of non-ortho nitro benzene ring substituents is 1. The fraction of sp³-hybridized carbons (Fsp3) is 0. The zero-order chi connectivity index (χ0) is 11.8. The summed E-state index contributed by atoms with van der Waals surface area (Å²) >= 11 is 0. The van der Waals surface area contributed by atoms with Crippen LogP contribution in [0.25, 0.3) is 22.5 Å². The van der Waals surface area contributed by atoms with E-state index in [1.165, 1.54) is 12.5 Å². The Labute approximate surface area is 94.2 Å². The molecule has 0 bridgehead atoms. The Morgan fingerprint density at radius 3 is 3.00 bits per heavy atom. The van der Waals surface area contributed by atoms with Gasteiger partial charge in [0.05, 0.1) is 4.92 Å². The third-order valence-electron chi connectivity index (χ3n) is 2.42. The molecule has 0 unspecified atom stereocenters. The van der Waals surface area contributed by atoms with Crippen LogP contribution in [0.5, 0.6) is 0 Å². The summed E-state index contributed by atoms with van der Waals surface area (Å²) in [5.41, 5.74) is 1.03. The van der Waals surface area contributed by atoms with Crippen LogP contribution in [0.15, 0.2) is 35.1 Å². The highest BCUT2D eigenvalue weighted by molar-refractivity contribution is 5.91. The molecule has 17 heavy (non-hydrogen) atoms. The Kier molecular flexibility index (Phi) is 1.91. The molecule has 0 radical (unpaired) electrons. The molecule has 2 heterocycles. The van der Waals surface area contributed by atoms with Crippen LogP contribution in [0, 0.1) is 10.1 Å². The Morgan fingerprint density at radius 2 is 2.29 bits per heavy atom. The third kappa shape index (κ3) is 1.44. The molecule has 2 aromatic heterocycles. The Bertz CT molecular complexity index is 687. The minimum atomic E-state index is -0.434. The summed E-state index contributed by atoms with van der Waals surface area (Å²) in [6.45, 7) is 0. The summed E-state index contributed by atoms with van der Waals surface area (Å²) < 4.78 is 5.03. The zero-order valence-electron chi connectivity index (χ0n) is 8.45. The first-order valence-electron chi connectivity index (χ1n) is 4.78. The second kappa shape index (κ2) is 3.41. The van der Waals surface area contributed by atoms with Crippen LogP contribution in [0.3, 0.4) is 0 Å². The molecule has 0 aliphatic rings. The lowest BCUT2D eigenvalue weighted by Gasteiger charge is -1.92. The van der Waals surface area contributed by atoms with Crippen molar-refractivity contribution in [3.8, 4) is 11.6 Å². The number of hydrogen-bond donors (Lipinski definition) is 1. The van der Waals surface area contributed by atoms with Crippen LogP contribution in [0.4, 0.5) is 5.69 Å². The number of rotatable bonds is 2. The Morgan fingerprint density at radius 1 is 1.41 bits per heavy atom. The Hall–Kier alpha value is -2.70. The van der Waals surface area contributed by atoms with E-state index in [0.717, 1.165) is 5.39 Å². The van der Waals surface area contributed by atoms with E-state index < -0.39 is 4.92 Å². The van der Waals surface area contributed by atoms with E-state index in [2.05, 4.69) is 15.2 Å². The number of nitro benzene ring substituents is 1. The minimum absolute atomic E-state index is 0.0215. The van der Waals surface area contributed by atoms with Crippen molar-refractivity contribution < 1.29 is 9.34 Å². The maximum atomic E-state index is 10.8. The van der Waals surface area contributed by atoms with Gasteiger partial charge in [0.25, 0.3) is 11.6 Å². The number of aromatic nitrogens is 3. The molecular formula is C10H6N4O3. The predicted molar refractivity (Wildman–Crippen MR) is 58.2 cm³/mol. The van der Waals surface area contributed by atoms with E-state index in [9.17, 15) is 10.1 Å². The van der Waals surface area contributed by atoms with Crippen LogP contribution < -0.4 is 0 Å². The van der Waals surface area contributed by atoms with Crippen molar-refractivity contribution >= 4 is 16.6 Å². The van der Waals surface area contributed by atoms with Gasteiger partial charge in [-0.05, 0) is 6.07 Å². The number of nitrogens with zero attached hydrogens (tertiary/aromatic N) is 3. The predicted octanol–water partition coefficient (Wildman–Crippen LogP) is 2.13. The summed E-state index contributed by atoms with van der Waals surface area (Å²) in [5, 5.41) is 18.9. The lowest BCUT2D eigenvalue weighted by molar-refractivity contribution is -0.383. The summed E-state index contributed by atoms with van der Waals surface area (Å²) in [6.07, 6.45) is 1.20. The van der Waals surface area contributed by atoms with Gasteiger partial charge in [-0.15, -0.1) is 10.2 Å². The fourth-order valence-corrected chi connectivity index (χ4v) is 1.70. The van der Waals surface area contributed by atoms with E-state index in [4.69, 9.17) is 4.42 Å². The molecule has 0 amide bonds. The molecule has 0 aliphatic carbocycles. The van der Waals surface area contributed by atoms with E-state index in [0.29, 0.717) is 17.1 Å².